The van der Waals surface area contributed by atoms with Gasteiger partial charge in [-0.3, -0.25) is 0 Å². The lowest BCUT2D eigenvalue weighted by atomic mass is 10.2. The van der Waals surface area contributed by atoms with E-state index in [1.807, 2.05) is 24.3 Å². The van der Waals surface area contributed by atoms with Crippen LogP contribution in [-0.2, 0) is 10.0 Å². The minimum Gasteiger partial charge on any atom is -0.318 e. The molecule has 0 unspecified atom stereocenters. The van der Waals surface area contributed by atoms with Gasteiger partial charge in [-0.2, -0.15) is 0 Å². The van der Waals surface area contributed by atoms with Crippen molar-refractivity contribution < 1.29 is 8.42 Å². The van der Waals surface area contributed by atoms with Crippen LogP contribution in [0.2, 0.25) is 0 Å². The van der Waals surface area contributed by atoms with E-state index in [9.17, 15) is 8.42 Å². The molecule has 18 heavy (non-hydrogen) atoms. The smallest absolute Gasteiger partial charge is 0.258 e. The zero-order chi connectivity index (χ0) is 13.0. The first-order chi connectivity index (χ1) is 8.63. The Kier molecular flexibility index (Phi) is 3.90. The highest BCUT2D eigenvalue weighted by Crippen LogP contribution is 2.15. The second-order valence-corrected chi connectivity index (χ2v) is 5.58. The van der Waals surface area contributed by atoms with E-state index < -0.39 is 10.0 Å². The van der Waals surface area contributed by atoms with Crippen molar-refractivity contribution in [3.63, 3.8) is 0 Å². The molecule has 1 aromatic heterocycles. The summed E-state index contributed by atoms with van der Waals surface area (Å²) in [5.74, 6) is 0. The molecule has 2 rings (SSSR count). The van der Waals surface area contributed by atoms with Crippen molar-refractivity contribution in [2.75, 3.05) is 20.1 Å². The molecule has 2 aromatic rings. The third-order valence-electron chi connectivity index (χ3n) is 2.55. The molecule has 6 heteroatoms. The van der Waals surface area contributed by atoms with E-state index >= 15 is 0 Å². The maximum Gasteiger partial charge on any atom is 0.258 e. The molecule has 5 nitrogen and oxygen atoms in total. The summed E-state index contributed by atoms with van der Waals surface area (Å²) in [5, 5.41) is 4.71. The summed E-state index contributed by atoms with van der Waals surface area (Å²) in [6, 6.07) is 9.10. The van der Waals surface area contributed by atoms with E-state index in [-0.39, 0.29) is 5.03 Å². The number of benzene rings is 1. The highest BCUT2D eigenvalue weighted by molar-refractivity contribution is 7.89. The number of fused-ring (bicyclic) bond motifs is 1. The third-order valence-corrected chi connectivity index (χ3v) is 3.91. The molecule has 0 saturated carbocycles. The molecule has 1 heterocycles. The molecular weight excluding hydrogens is 250 g/mol. The van der Waals surface area contributed by atoms with Gasteiger partial charge in [-0.15, -0.1) is 0 Å². The Labute approximate surface area is 106 Å². The van der Waals surface area contributed by atoms with Gasteiger partial charge >= 0.3 is 0 Å². The average molecular weight is 265 g/mol. The number of hydrogen-bond donors (Lipinski definition) is 2. The van der Waals surface area contributed by atoms with Crippen LogP contribution in [0.4, 0.5) is 0 Å². The van der Waals surface area contributed by atoms with Crippen LogP contribution in [0.3, 0.4) is 0 Å². The molecule has 1 aromatic carbocycles. The van der Waals surface area contributed by atoms with Crippen LogP contribution >= 0.6 is 0 Å². The van der Waals surface area contributed by atoms with Crippen molar-refractivity contribution in [2.45, 2.75) is 5.03 Å². The van der Waals surface area contributed by atoms with Gasteiger partial charge in [-0.05, 0) is 18.5 Å². The summed E-state index contributed by atoms with van der Waals surface area (Å²) in [6.07, 6.45) is 1.57. The van der Waals surface area contributed by atoms with Gasteiger partial charge in [0.2, 0.25) is 0 Å². The van der Waals surface area contributed by atoms with Crippen LogP contribution in [0.15, 0.2) is 41.6 Å². The SMILES string of the molecule is CNCCNS(=O)(=O)c1cc2ccccc2cn1. The van der Waals surface area contributed by atoms with E-state index in [1.54, 1.807) is 19.3 Å². The molecule has 0 bridgehead atoms. The zero-order valence-electron chi connectivity index (χ0n) is 10.1. The lowest BCUT2D eigenvalue weighted by molar-refractivity contribution is 0.576. The van der Waals surface area contributed by atoms with Crippen molar-refractivity contribution >= 4 is 20.8 Å². The van der Waals surface area contributed by atoms with E-state index in [0.717, 1.165) is 10.8 Å². The number of nitrogens with one attached hydrogen (secondary N) is 2. The molecule has 0 aliphatic carbocycles. The lowest BCUT2D eigenvalue weighted by Gasteiger charge is -2.06. The number of pyridine rings is 1. The Bertz CT molecular complexity index is 641. The summed E-state index contributed by atoms with van der Waals surface area (Å²) in [7, 11) is -1.76. The predicted octanol–water partition coefficient (Wildman–Crippen LogP) is 0.732. The molecule has 96 valence electrons. The second-order valence-electron chi connectivity index (χ2n) is 3.87. The van der Waals surface area contributed by atoms with Crippen molar-refractivity contribution in [1.82, 2.24) is 15.0 Å². The standard InChI is InChI=1S/C12H15N3O2S/c1-13-6-7-15-18(16,17)12-8-10-4-2-3-5-11(10)9-14-12/h2-5,8-9,13,15H,6-7H2,1H3. The van der Waals surface area contributed by atoms with Crippen molar-refractivity contribution in [2.24, 2.45) is 0 Å². The summed E-state index contributed by atoms with van der Waals surface area (Å²) < 4.78 is 26.4. The van der Waals surface area contributed by atoms with Crippen LogP contribution in [0, 0.1) is 0 Å². The van der Waals surface area contributed by atoms with Gasteiger partial charge in [-0.1, -0.05) is 24.3 Å². The fourth-order valence-electron chi connectivity index (χ4n) is 1.59. The normalized spacial score (nSPS) is 11.8. The first-order valence-corrected chi connectivity index (χ1v) is 7.11. The summed E-state index contributed by atoms with van der Waals surface area (Å²) in [6.45, 7) is 0.917. The number of nitrogens with zero attached hydrogens (tertiary/aromatic N) is 1. The van der Waals surface area contributed by atoms with Gasteiger partial charge in [0.1, 0.15) is 0 Å². The van der Waals surface area contributed by atoms with Crippen LogP contribution in [0.25, 0.3) is 10.8 Å². The quantitative estimate of drug-likeness (QED) is 0.782. The van der Waals surface area contributed by atoms with E-state index in [2.05, 4.69) is 15.0 Å². The molecule has 0 fully saturated rings. The maximum atomic E-state index is 11.9. The van der Waals surface area contributed by atoms with Gasteiger partial charge in [0.05, 0.1) is 0 Å². The highest BCUT2D eigenvalue weighted by Gasteiger charge is 2.14. The average Bonchev–Trinajstić information content (AvgIpc) is 2.38. The Hall–Kier alpha value is -1.50. The second kappa shape index (κ2) is 5.43. The topological polar surface area (TPSA) is 71.1 Å². The predicted molar refractivity (Wildman–Crippen MR) is 70.9 cm³/mol. The monoisotopic (exact) mass is 265 g/mol. The molecule has 0 saturated heterocycles. The van der Waals surface area contributed by atoms with Crippen LogP contribution in [-0.4, -0.2) is 33.5 Å². The Morgan fingerprint density at radius 2 is 1.89 bits per heavy atom. The lowest BCUT2D eigenvalue weighted by Crippen LogP contribution is -2.30. The van der Waals surface area contributed by atoms with Crippen LogP contribution < -0.4 is 10.0 Å². The molecule has 0 atom stereocenters. The molecule has 2 N–H and O–H groups in total. The maximum absolute atomic E-state index is 11.9. The highest BCUT2D eigenvalue weighted by atomic mass is 32.2. The zero-order valence-corrected chi connectivity index (χ0v) is 10.9. The largest absolute Gasteiger partial charge is 0.318 e. The number of rotatable bonds is 5. The molecule has 0 aliphatic heterocycles. The number of aromatic nitrogens is 1. The molecule has 0 amide bonds. The first kappa shape index (κ1) is 12.9. The van der Waals surface area contributed by atoms with Crippen LogP contribution in [0.1, 0.15) is 0 Å². The summed E-state index contributed by atoms with van der Waals surface area (Å²) >= 11 is 0. The fraction of sp³-hybridized carbons (Fsp3) is 0.250. The van der Waals surface area contributed by atoms with Crippen molar-refractivity contribution in [3.8, 4) is 0 Å². The molecule has 0 radical (unpaired) electrons. The molecule has 0 spiro atoms. The summed E-state index contributed by atoms with van der Waals surface area (Å²) in [4.78, 5) is 3.99. The Balaban J connectivity index is 2.30. The van der Waals surface area contributed by atoms with Gasteiger partial charge in [-0.25, -0.2) is 18.1 Å². The van der Waals surface area contributed by atoms with Gasteiger partial charge < -0.3 is 5.32 Å². The Morgan fingerprint density at radius 3 is 2.61 bits per heavy atom. The first-order valence-electron chi connectivity index (χ1n) is 5.62. The van der Waals surface area contributed by atoms with E-state index in [0.29, 0.717) is 13.1 Å². The number of hydrogen-bond acceptors (Lipinski definition) is 4. The third kappa shape index (κ3) is 2.84. The Morgan fingerprint density at radius 1 is 1.17 bits per heavy atom. The van der Waals surface area contributed by atoms with Crippen molar-refractivity contribution in [1.29, 1.82) is 0 Å². The number of likely N-dealkylation sites (N-methyl/N-ethyl adjacent to an activating group) is 1. The van der Waals surface area contributed by atoms with Gasteiger partial charge in [0.25, 0.3) is 10.0 Å². The van der Waals surface area contributed by atoms with E-state index in [4.69, 9.17) is 0 Å². The minimum atomic E-state index is -3.53. The molecular formula is C12H15N3O2S. The molecule has 0 aliphatic rings. The van der Waals surface area contributed by atoms with Gasteiger partial charge in [0.15, 0.2) is 5.03 Å². The van der Waals surface area contributed by atoms with E-state index in [1.165, 1.54) is 0 Å². The number of sulfonamides is 1. The van der Waals surface area contributed by atoms with Gasteiger partial charge in [0, 0.05) is 24.7 Å². The van der Waals surface area contributed by atoms with Crippen LogP contribution in [0.5, 0.6) is 0 Å². The summed E-state index contributed by atoms with van der Waals surface area (Å²) in [5.41, 5.74) is 0. The fourth-order valence-corrected chi connectivity index (χ4v) is 2.59. The minimum absolute atomic E-state index is 0.0531. The van der Waals surface area contributed by atoms with Crippen molar-refractivity contribution in [3.05, 3.63) is 36.5 Å².